The van der Waals surface area contributed by atoms with E-state index in [1.54, 1.807) is 6.92 Å². The second kappa shape index (κ2) is 15.2. The molecule has 184 valence electrons. The molecule has 8 heteroatoms. The summed E-state index contributed by atoms with van der Waals surface area (Å²) in [5.41, 5.74) is 1.82. The zero-order valence-corrected chi connectivity index (χ0v) is 26.0. The van der Waals surface area contributed by atoms with Gasteiger partial charge in [0, 0.05) is 26.2 Å². The Morgan fingerprint density at radius 2 is 1.65 bits per heavy atom. The van der Waals surface area contributed by atoms with Crippen molar-refractivity contribution in [2.45, 2.75) is 90.1 Å². The molecular weight excluding hydrogens is 455 g/mol. The molecule has 0 heterocycles. The monoisotopic (exact) mass is 506 g/mol. The van der Waals surface area contributed by atoms with Crippen LogP contribution in [0, 0.1) is 5.92 Å². The van der Waals surface area contributed by atoms with Crippen molar-refractivity contribution in [3.05, 3.63) is 12.2 Å². The van der Waals surface area contributed by atoms with Gasteiger partial charge in [-0.15, -0.1) is 8.58 Å². The molecule has 2 unspecified atom stereocenters. The van der Waals surface area contributed by atoms with Crippen LogP contribution in [0.15, 0.2) is 12.2 Å². The largest absolute Gasteiger partial charge is 0.462 e. The first-order valence-electron chi connectivity index (χ1n) is 12.0. The minimum atomic E-state index is -1.68. The van der Waals surface area contributed by atoms with E-state index >= 15 is 0 Å². The van der Waals surface area contributed by atoms with Crippen molar-refractivity contribution in [1.29, 1.82) is 0 Å². The molecule has 0 bridgehead atoms. The highest BCUT2D eigenvalue weighted by atomic mass is 31.1. The van der Waals surface area contributed by atoms with E-state index in [0.717, 1.165) is 33.8 Å². The molecule has 0 saturated heterocycles. The van der Waals surface area contributed by atoms with Crippen LogP contribution < -0.4 is 0 Å². The number of hydrogen-bond donors (Lipinski definition) is 0. The van der Waals surface area contributed by atoms with Gasteiger partial charge >= 0.3 is 5.97 Å². The maximum absolute atomic E-state index is 11.6. The number of ether oxygens (including phenoxy) is 2. The van der Waals surface area contributed by atoms with Gasteiger partial charge in [-0.05, 0) is 64.1 Å². The lowest BCUT2D eigenvalue weighted by atomic mass is 10.2. The van der Waals surface area contributed by atoms with E-state index in [9.17, 15) is 4.79 Å². The van der Waals surface area contributed by atoms with Crippen LogP contribution in [0.25, 0.3) is 0 Å². The third-order valence-corrected chi connectivity index (χ3v) is 21.3. The third kappa shape index (κ3) is 16.5. The van der Waals surface area contributed by atoms with Crippen molar-refractivity contribution in [2.75, 3.05) is 32.6 Å². The van der Waals surface area contributed by atoms with Gasteiger partial charge < -0.3 is 13.6 Å². The van der Waals surface area contributed by atoms with E-state index < -0.39 is 24.7 Å². The van der Waals surface area contributed by atoms with Gasteiger partial charge in [-0.1, -0.05) is 45.5 Å². The number of hydrogen-bond acceptors (Lipinski definition) is 4. The molecule has 0 radical (unpaired) electrons. The highest BCUT2D eigenvalue weighted by molar-refractivity contribution is 7.37. The standard InChI is InChI=1S/C23H51O4PSi3/c1-11-12-15-29(5,6)20-31(9,10)27-30(7,8)16-13-14-25-17-22(19-28-4)18-26-23(24)21(2)3/h22,28H,2,11-20H2,1,3-10H3. The Kier molecular flexibility index (Phi) is 15.3. The topological polar surface area (TPSA) is 44.8 Å². The van der Waals surface area contributed by atoms with E-state index in [4.69, 9.17) is 13.6 Å². The van der Waals surface area contributed by atoms with Gasteiger partial charge in [-0.3, -0.25) is 0 Å². The Bertz CT molecular complexity index is 539. The van der Waals surface area contributed by atoms with Crippen LogP contribution in [-0.4, -0.2) is 63.3 Å². The Labute approximate surface area is 198 Å². The average molecular weight is 507 g/mol. The van der Waals surface area contributed by atoms with E-state index in [0.29, 0.717) is 18.8 Å². The van der Waals surface area contributed by atoms with Crippen LogP contribution in [0.3, 0.4) is 0 Å². The van der Waals surface area contributed by atoms with Gasteiger partial charge in [0.25, 0.3) is 0 Å². The minimum absolute atomic E-state index is 0.273. The van der Waals surface area contributed by atoms with Crippen LogP contribution in [-0.2, 0) is 18.4 Å². The van der Waals surface area contributed by atoms with Crippen molar-refractivity contribution >= 4 is 39.3 Å². The molecule has 0 aliphatic rings. The summed E-state index contributed by atoms with van der Waals surface area (Å²) in [7, 11) is -3.63. The summed E-state index contributed by atoms with van der Waals surface area (Å²) in [4.78, 5) is 11.6. The lowest BCUT2D eigenvalue weighted by Crippen LogP contribution is -2.49. The zero-order valence-electron chi connectivity index (χ0n) is 22.0. The first-order valence-corrected chi connectivity index (χ1v) is 23.3. The van der Waals surface area contributed by atoms with Crippen molar-refractivity contribution in [1.82, 2.24) is 0 Å². The number of carbonyl (C=O) groups excluding carboxylic acids is 1. The molecule has 0 aromatic carbocycles. The van der Waals surface area contributed by atoms with Crippen molar-refractivity contribution in [3.8, 4) is 0 Å². The molecule has 2 atom stereocenters. The minimum Gasteiger partial charge on any atom is -0.462 e. The summed E-state index contributed by atoms with van der Waals surface area (Å²) in [6.45, 7) is 26.3. The van der Waals surface area contributed by atoms with Crippen LogP contribution in [0.2, 0.25) is 57.0 Å². The molecule has 0 aromatic rings. The molecule has 4 nitrogen and oxygen atoms in total. The second-order valence-electron chi connectivity index (χ2n) is 11.0. The van der Waals surface area contributed by atoms with Crippen LogP contribution in [0.1, 0.15) is 33.1 Å². The Hall–Kier alpha value is 0.211. The summed E-state index contributed by atoms with van der Waals surface area (Å²) in [5, 5.41) is 0. The molecule has 0 aliphatic heterocycles. The summed E-state index contributed by atoms with van der Waals surface area (Å²) in [6.07, 6.45) is 4.75. The van der Waals surface area contributed by atoms with E-state index in [-0.39, 0.29) is 11.9 Å². The van der Waals surface area contributed by atoms with Gasteiger partial charge in [-0.2, -0.15) is 0 Å². The highest BCUT2D eigenvalue weighted by Crippen LogP contribution is 2.29. The Balaban J connectivity index is 4.37. The summed E-state index contributed by atoms with van der Waals surface area (Å²) >= 11 is 0. The van der Waals surface area contributed by atoms with Gasteiger partial charge in [0.2, 0.25) is 0 Å². The SMILES string of the molecule is C=C(C)C(=O)OCC(COCCC[Si](C)(C)O[Si](C)(C)C[Si](C)(C)CCCC)CPC. The zero-order chi connectivity index (χ0) is 24.1. The highest BCUT2D eigenvalue weighted by Gasteiger charge is 2.37. The number of unbranched alkanes of at least 4 members (excludes halogenated alkanes) is 1. The number of rotatable bonds is 18. The van der Waals surface area contributed by atoms with Gasteiger partial charge in [0.05, 0.1) is 13.2 Å². The molecule has 0 rings (SSSR count). The predicted molar refractivity (Wildman–Crippen MR) is 147 cm³/mol. The predicted octanol–water partition coefficient (Wildman–Crippen LogP) is 6.91. The number of esters is 1. The van der Waals surface area contributed by atoms with Crippen LogP contribution in [0.5, 0.6) is 0 Å². The normalized spacial score (nSPS) is 14.2. The maximum atomic E-state index is 11.6. The molecule has 31 heavy (non-hydrogen) atoms. The van der Waals surface area contributed by atoms with E-state index in [1.165, 1.54) is 24.6 Å². The Morgan fingerprint density at radius 1 is 1.00 bits per heavy atom. The molecule has 0 aliphatic carbocycles. The van der Waals surface area contributed by atoms with Crippen LogP contribution >= 0.6 is 8.58 Å². The van der Waals surface area contributed by atoms with Crippen molar-refractivity contribution in [3.63, 3.8) is 0 Å². The average Bonchev–Trinajstić information content (AvgIpc) is 2.61. The molecule has 0 fully saturated rings. The summed E-state index contributed by atoms with van der Waals surface area (Å²) < 4.78 is 18.2. The smallest absolute Gasteiger partial charge is 0.333 e. The van der Waals surface area contributed by atoms with E-state index in [2.05, 4.69) is 59.4 Å². The second-order valence-corrected chi connectivity index (χ2v) is 26.8. The van der Waals surface area contributed by atoms with Crippen LogP contribution in [0.4, 0.5) is 0 Å². The molecule has 0 N–H and O–H groups in total. The third-order valence-electron chi connectivity index (χ3n) is 5.38. The van der Waals surface area contributed by atoms with E-state index in [1.807, 2.05) is 0 Å². The molecule has 0 amide bonds. The summed E-state index contributed by atoms with van der Waals surface area (Å²) in [6, 6.07) is 2.57. The number of carbonyl (C=O) groups is 1. The quantitative estimate of drug-likeness (QED) is 0.0666. The summed E-state index contributed by atoms with van der Waals surface area (Å²) in [5.74, 6) is -0.0307. The fraction of sp³-hybridized carbons (Fsp3) is 0.870. The lowest BCUT2D eigenvalue weighted by Gasteiger charge is -2.38. The maximum Gasteiger partial charge on any atom is 0.333 e. The lowest BCUT2D eigenvalue weighted by molar-refractivity contribution is -0.140. The van der Waals surface area contributed by atoms with Crippen molar-refractivity contribution < 1.29 is 18.4 Å². The fourth-order valence-electron chi connectivity index (χ4n) is 4.35. The van der Waals surface area contributed by atoms with Crippen molar-refractivity contribution in [2.24, 2.45) is 5.92 Å². The first kappa shape index (κ1) is 31.2. The Morgan fingerprint density at radius 3 is 2.19 bits per heavy atom. The molecule has 0 aromatic heterocycles. The fourth-order valence-corrected chi connectivity index (χ4v) is 24.7. The van der Waals surface area contributed by atoms with Gasteiger partial charge in [-0.25, -0.2) is 4.79 Å². The van der Waals surface area contributed by atoms with Gasteiger partial charge in [0.1, 0.15) is 0 Å². The molecular formula is C23H51O4PSi3. The molecule has 0 spiro atoms. The molecule has 0 saturated carbocycles. The van der Waals surface area contributed by atoms with Gasteiger partial charge in [0.15, 0.2) is 16.6 Å². The first-order chi connectivity index (χ1) is 14.2.